The van der Waals surface area contributed by atoms with E-state index in [0.717, 1.165) is 5.56 Å². The highest BCUT2D eigenvalue weighted by Gasteiger charge is 2.05. The van der Waals surface area contributed by atoms with Gasteiger partial charge in [0.25, 0.3) is 5.91 Å². The summed E-state index contributed by atoms with van der Waals surface area (Å²) < 4.78 is 5.23. The van der Waals surface area contributed by atoms with Gasteiger partial charge in [0.15, 0.2) is 6.61 Å². The molecule has 0 saturated heterocycles. The van der Waals surface area contributed by atoms with E-state index in [9.17, 15) is 9.90 Å². The van der Waals surface area contributed by atoms with Gasteiger partial charge in [-0.25, -0.2) is 0 Å². The summed E-state index contributed by atoms with van der Waals surface area (Å²) in [6, 6.07) is 7.09. The fraction of sp³-hybridized carbons (Fsp3) is 0.417. The van der Waals surface area contributed by atoms with E-state index in [2.05, 4.69) is 5.32 Å². The van der Waals surface area contributed by atoms with E-state index < -0.39 is 6.10 Å². The van der Waals surface area contributed by atoms with Gasteiger partial charge in [0.05, 0.1) is 6.10 Å². The first kappa shape index (κ1) is 12.5. The maximum absolute atomic E-state index is 10.9. The summed E-state index contributed by atoms with van der Waals surface area (Å²) in [5.41, 5.74) is 0.856. The number of benzene rings is 1. The van der Waals surface area contributed by atoms with E-state index in [1.165, 1.54) is 0 Å². The minimum atomic E-state index is -0.437. The SMILES string of the molecule is CC[C@@H](O)c1ccc(OCC(=O)NC)cc1. The number of carbonyl (C=O) groups is 1. The summed E-state index contributed by atoms with van der Waals surface area (Å²) in [5.74, 6) is 0.452. The smallest absolute Gasteiger partial charge is 0.257 e. The van der Waals surface area contributed by atoms with Gasteiger partial charge in [-0.1, -0.05) is 19.1 Å². The second kappa shape index (κ2) is 6.12. The molecule has 0 unspecified atom stereocenters. The lowest BCUT2D eigenvalue weighted by atomic mass is 10.1. The van der Waals surface area contributed by atoms with Gasteiger partial charge in [0.2, 0.25) is 0 Å². The Morgan fingerprint density at radius 3 is 2.56 bits per heavy atom. The number of ether oxygens (including phenoxy) is 1. The van der Waals surface area contributed by atoms with Crippen molar-refractivity contribution in [2.75, 3.05) is 13.7 Å². The largest absolute Gasteiger partial charge is 0.484 e. The van der Waals surface area contributed by atoms with Crippen molar-refractivity contribution in [3.05, 3.63) is 29.8 Å². The van der Waals surface area contributed by atoms with Crippen LogP contribution < -0.4 is 10.1 Å². The molecule has 0 aliphatic heterocycles. The molecule has 88 valence electrons. The van der Waals surface area contributed by atoms with Gasteiger partial charge in [-0.05, 0) is 24.1 Å². The van der Waals surface area contributed by atoms with Gasteiger partial charge in [0.1, 0.15) is 5.75 Å². The summed E-state index contributed by atoms with van der Waals surface area (Å²) in [4.78, 5) is 10.9. The Kier molecular flexibility index (Phi) is 4.79. The highest BCUT2D eigenvalue weighted by Crippen LogP contribution is 2.19. The zero-order valence-corrected chi connectivity index (χ0v) is 9.56. The third-order valence-electron chi connectivity index (χ3n) is 2.30. The van der Waals surface area contributed by atoms with Gasteiger partial charge in [-0.2, -0.15) is 0 Å². The average Bonchev–Trinajstić information content (AvgIpc) is 2.35. The van der Waals surface area contributed by atoms with Crippen LogP contribution >= 0.6 is 0 Å². The molecule has 4 nitrogen and oxygen atoms in total. The zero-order valence-electron chi connectivity index (χ0n) is 9.56. The fourth-order valence-corrected chi connectivity index (χ4v) is 1.24. The van der Waals surface area contributed by atoms with Gasteiger partial charge in [-0.15, -0.1) is 0 Å². The number of hydrogen-bond acceptors (Lipinski definition) is 3. The van der Waals surface area contributed by atoms with Gasteiger partial charge in [0, 0.05) is 7.05 Å². The molecule has 4 heteroatoms. The molecule has 0 bridgehead atoms. The number of rotatable bonds is 5. The minimum absolute atomic E-state index is 0.00613. The predicted molar refractivity (Wildman–Crippen MR) is 61.3 cm³/mol. The van der Waals surface area contributed by atoms with Crippen LogP contribution in [0.25, 0.3) is 0 Å². The van der Waals surface area contributed by atoms with E-state index >= 15 is 0 Å². The summed E-state index contributed by atoms with van der Waals surface area (Å²) >= 11 is 0. The molecule has 1 rings (SSSR count). The molecular weight excluding hydrogens is 206 g/mol. The van der Waals surface area contributed by atoms with E-state index in [1.807, 2.05) is 6.92 Å². The van der Waals surface area contributed by atoms with Crippen molar-refractivity contribution in [2.24, 2.45) is 0 Å². The molecular formula is C12H17NO3. The number of aliphatic hydroxyl groups is 1. The molecule has 1 aromatic rings. The van der Waals surface area contributed by atoms with Crippen molar-refractivity contribution >= 4 is 5.91 Å². The third-order valence-corrected chi connectivity index (χ3v) is 2.30. The lowest BCUT2D eigenvalue weighted by Gasteiger charge is -2.09. The quantitative estimate of drug-likeness (QED) is 0.790. The van der Waals surface area contributed by atoms with E-state index in [4.69, 9.17) is 4.74 Å². The molecule has 0 aromatic heterocycles. The fourth-order valence-electron chi connectivity index (χ4n) is 1.24. The lowest BCUT2D eigenvalue weighted by Crippen LogP contribution is -2.24. The molecule has 16 heavy (non-hydrogen) atoms. The number of carbonyl (C=O) groups excluding carboxylic acids is 1. The highest BCUT2D eigenvalue weighted by atomic mass is 16.5. The van der Waals surface area contributed by atoms with Crippen LogP contribution in [0.1, 0.15) is 25.0 Å². The van der Waals surface area contributed by atoms with E-state index in [-0.39, 0.29) is 12.5 Å². The first-order valence-electron chi connectivity index (χ1n) is 5.28. The van der Waals surface area contributed by atoms with E-state index in [0.29, 0.717) is 12.2 Å². The lowest BCUT2D eigenvalue weighted by molar-refractivity contribution is -0.122. The number of hydrogen-bond donors (Lipinski definition) is 2. The molecule has 2 N–H and O–H groups in total. The molecule has 0 radical (unpaired) electrons. The molecule has 0 aliphatic carbocycles. The Balaban J connectivity index is 2.54. The van der Waals surface area contributed by atoms with Crippen LogP contribution in [-0.4, -0.2) is 24.7 Å². The maximum atomic E-state index is 10.9. The number of amides is 1. The topological polar surface area (TPSA) is 58.6 Å². The van der Waals surface area contributed by atoms with Gasteiger partial charge >= 0.3 is 0 Å². The first-order valence-corrected chi connectivity index (χ1v) is 5.28. The molecule has 0 fully saturated rings. The Hall–Kier alpha value is -1.55. The molecule has 0 aliphatic rings. The number of likely N-dealkylation sites (N-methyl/N-ethyl adjacent to an activating group) is 1. The van der Waals surface area contributed by atoms with Crippen molar-refractivity contribution in [1.29, 1.82) is 0 Å². The number of aliphatic hydroxyl groups excluding tert-OH is 1. The second-order valence-electron chi connectivity index (χ2n) is 3.45. The molecule has 0 heterocycles. The minimum Gasteiger partial charge on any atom is -0.484 e. The Morgan fingerprint density at radius 1 is 1.44 bits per heavy atom. The van der Waals surface area contributed by atoms with Crippen molar-refractivity contribution in [1.82, 2.24) is 5.32 Å². The van der Waals surface area contributed by atoms with E-state index in [1.54, 1.807) is 31.3 Å². The number of nitrogens with one attached hydrogen (secondary N) is 1. The predicted octanol–water partition coefficient (Wildman–Crippen LogP) is 1.25. The molecule has 1 amide bonds. The second-order valence-corrected chi connectivity index (χ2v) is 3.45. The van der Waals surface area contributed by atoms with Gasteiger partial charge in [-0.3, -0.25) is 4.79 Å². The van der Waals surface area contributed by atoms with Crippen molar-refractivity contribution in [2.45, 2.75) is 19.4 Å². The third kappa shape index (κ3) is 3.55. The molecule has 1 aromatic carbocycles. The molecule has 1 atom stereocenters. The van der Waals surface area contributed by atoms with Crippen LogP contribution in [0.3, 0.4) is 0 Å². The van der Waals surface area contributed by atoms with Crippen LogP contribution in [0.2, 0.25) is 0 Å². The summed E-state index contributed by atoms with van der Waals surface area (Å²) in [7, 11) is 1.56. The average molecular weight is 223 g/mol. The molecule has 0 saturated carbocycles. The van der Waals surface area contributed by atoms with Crippen LogP contribution in [0.4, 0.5) is 0 Å². The van der Waals surface area contributed by atoms with Crippen LogP contribution in [0, 0.1) is 0 Å². The Morgan fingerprint density at radius 2 is 2.06 bits per heavy atom. The summed E-state index contributed by atoms with van der Waals surface area (Å²) in [5, 5.41) is 12.0. The van der Waals surface area contributed by atoms with Crippen molar-refractivity contribution in [3.63, 3.8) is 0 Å². The maximum Gasteiger partial charge on any atom is 0.257 e. The van der Waals surface area contributed by atoms with Crippen LogP contribution in [-0.2, 0) is 4.79 Å². The standard InChI is InChI=1S/C12H17NO3/c1-3-11(14)9-4-6-10(7-5-9)16-8-12(15)13-2/h4-7,11,14H,3,8H2,1-2H3,(H,13,15)/t11-/m1/s1. The van der Waals surface area contributed by atoms with Gasteiger partial charge < -0.3 is 15.2 Å². The van der Waals surface area contributed by atoms with Crippen molar-refractivity contribution < 1.29 is 14.6 Å². The first-order chi connectivity index (χ1) is 7.67. The normalized spacial score (nSPS) is 11.9. The monoisotopic (exact) mass is 223 g/mol. The molecule has 0 spiro atoms. The summed E-state index contributed by atoms with van der Waals surface area (Å²) in [6.45, 7) is 1.92. The zero-order chi connectivity index (χ0) is 12.0. The van der Waals surface area contributed by atoms with Crippen molar-refractivity contribution in [3.8, 4) is 5.75 Å². The van der Waals surface area contributed by atoms with Crippen LogP contribution in [0.15, 0.2) is 24.3 Å². The Labute approximate surface area is 95.2 Å². The van der Waals surface area contributed by atoms with Crippen LogP contribution in [0.5, 0.6) is 5.75 Å². The Bertz CT molecular complexity index is 335. The highest BCUT2D eigenvalue weighted by molar-refractivity contribution is 5.77. The summed E-state index contributed by atoms with van der Waals surface area (Å²) in [6.07, 6.45) is 0.242.